The molecule has 0 aromatic heterocycles. The van der Waals surface area contributed by atoms with Crippen LogP contribution >= 0.6 is 0 Å². The Morgan fingerprint density at radius 3 is 2.52 bits per heavy atom. The summed E-state index contributed by atoms with van der Waals surface area (Å²) in [5.41, 5.74) is -3.05. The van der Waals surface area contributed by atoms with Crippen LogP contribution < -0.4 is 10.0 Å². The molecule has 1 aliphatic heterocycles. The van der Waals surface area contributed by atoms with Gasteiger partial charge in [0, 0.05) is 12.6 Å². The zero-order valence-corrected chi connectivity index (χ0v) is 12.6. The molecule has 2 rings (SSSR count). The lowest BCUT2D eigenvalue weighted by atomic mass is 9.97. The minimum absolute atomic E-state index is 0.118. The van der Waals surface area contributed by atoms with Crippen molar-refractivity contribution in [3.8, 4) is 0 Å². The van der Waals surface area contributed by atoms with Crippen LogP contribution in [-0.4, -0.2) is 38.1 Å². The molecule has 1 heterocycles. The molecule has 128 valence electrons. The van der Waals surface area contributed by atoms with Gasteiger partial charge in [-0.3, -0.25) is 10.1 Å². The van der Waals surface area contributed by atoms with Crippen LogP contribution in [0.25, 0.3) is 0 Å². The number of hydrogen-bond donors (Lipinski definition) is 2. The highest BCUT2D eigenvalue weighted by molar-refractivity contribution is 7.89. The second-order valence-corrected chi connectivity index (χ2v) is 6.89. The summed E-state index contributed by atoms with van der Waals surface area (Å²) in [6.45, 7) is -0.808. The van der Waals surface area contributed by atoms with Crippen molar-refractivity contribution in [1.29, 1.82) is 0 Å². The molecule has 1 fully saturated rings. The first-order chi connectivity index (χ1) is 10.6. The number of benzene rings is 1. The Hall–Kier alpha value is -1.72. The summed E-state index contributed by atoms with van der Waals surface area (Å²) < 4.78 is 65.8. The molecule has 1 aromatic rings. The Balaban J connectivity index is 2.27. The highest BCUT2D eigenvalue weighted by Gasteiger charge is 2.56. The quantitative estimate of drug-likeness (QED) is 0.618. The third-order valence-corrected chi connectivity index (χ3v) is 5.15. The van der Waals surface area contributed by atoms with Gasteiger partial charge in [0.1, 0.15) is 5.54 Å². The third kappa shape index (κ3) is 3.46. The first kappa shape index (κ1) is 17.6. The van der Waals surface area contributed by atoms with E-state index in [0.29, 0.717) is 0 Å². The van der Waals surface area contributed by atoms with E-state index < -0.39 is 43.8 Å². The van der Waals surface area contributed by atoms with Crippen molar-refractivity contribution in [1.82, 2.24) is 10.0 Å². The van der Waals surface area contributed by atoms with Gasteiger partial charge in [-0.1, -0.05) is 12.1 Å². The van der Waals surface area contributed by atoms with Gasteiger partial charge < -0.3 is 5.32 Å². The standard InChI is InChI=1S/C12H14F3N3O4S/c13-12(14,15)11(6-3-7-16-11)8-17-23(21,22)10-5-2-1-4-9(10)18(19)20/h1-2,4-5,16-17H,3,6-8H2. The molecule has 7 nitrogen and oxygen atoms in total. The summed E-state index contributed by atoms with van der Waals surface area (Å²) >= 11 is 0. The summed E-state index contributed by atoms with van der Waals surface area (Å²) in [4.78, 5) is 9.30. The van der Waals surface area contributed by atoms with Gasteiger partial charge in [0.2, 0.25) is 10.0 Å². The lowest BCUT2D eigenvalue weighted by Crippen LogP contribution is -2.59. The highest BCUT2D eigenvalue weighted by Crippen LogP contribution is 2.37. The maximum atomic E-state index is 13.2. The number of rotatable bonds is 5. The van der Waals surface area contributed by atoms with Crippen LogP contribution in [0.5, 0.6) is 0 Å². The average molecular weight is 353 g/mol. The summed E-state index contributed by atoms with van der Waals surface area (Å²) in [6, 6.07) is 4.48. The molecule has 11 heteroatoms. The third-order valence-electron chi connectivity index (χ3n) is 3.70. The van der Waals surface area contributed by atoms with Crippen LogP contribution in [0, 0.1) is 10.1 Å². The second-order valence-electron chi connectivity index (χ2n) is 5.16. The van der Waals surface area contributed by atoms with Crippen LogP contribution in [0.2, 0.25) is 0 Å². The van der Waals surface area contributed by atoms with Crippen molar-refractivity contribution < 1.29 is 26.5 Å². The summed E-state index contributed by atoms with van der Waals surface area (Å²) in [7, 11) is -4.45. The normalized spacial score (nSPS) is 22.2. The van der Waals surface area contributed by atoms with Crippen molar-refractivity contribution in [2.24, 2.45) is 0 Å². The monoisotopic (exact) mass is 353 g/mol. The molecule has 1 saturated heterocycles. The lowest BCUT2D eigenvalue weighted by molar-refractivity contribution is -0.387. The van der Waals surface area contributed by atoms with Crippen molar-refractivity contribution in [2.75, 3.05) is 13.1 Å². The van der Waals surface area contributed by atoms with Gasteiger partial charge in [-0.2, -0.15) is 13.2 Å². The van der Waals surface area contributed by atoms with Gasteiger partial charge in [-0.25, -0.2) is 13.1 Å². The van der Waals surface area contributed by atoms with E-state index in [1.807, 2.05) is 4.72 Å². The molecule has 2 N–H and O–H groups in total. The van der Waals surface area contributed by atoms with Gasteiger partial charge in [-0.05, 0) is 25.5 Å². The van der Waals surface area contributed by atoms with Crippen molar-refractivity contribution >= 4 is 15.7 Å². The summed E-state index contributed by atoms with van der Waals surface area (Å²) in [5.74, 6) is 0. The lowest BCUT2D eigenvalue weighted by Gasteiger charge is -2.31. The van der Waals surface area contributed by atoms with Gasteiger partial charge in [-0.15, -0.1) is 0 Å². The topological polar surface area (TPSA) is 101 Å². The van der Waals surface area contributed by atoms with E-state index in [9.17, 15) is 31.7 Å². The number of nitrogens with one attached hydrogen (secondary N) is 2. The first-order valence-electron chi connectivity index (χ1n) is 6.64. The maximum absolute atomic E-state index is 13.2. The van der Waals surface area contributed by atoms with E-state index in [-0.39, 0.29) is 19.4 Å². The van der Waals surface area contributed by atoms with Crippen molar-refractivity contribution in [3.05, 3.63) is 34.4 Å². The number of alkyl halides is 3. The van der Waals surface area contributed by atoms with E-state index in [1.165, 1.54) is 12.1 Å². The molecule has 1 aromatic carbocycles. The average Bonchev–Trinajstić information content (AvgIpc) is 2.95. The summed E-state index contributed by atoms with van der Waals surface area (Å²) in [6.07, 6.45) is -4.66. The minimum Gasteiger partial charge on any atom is -0.303 e. The van der Waals surface area contributed by atoms with Gasteiger partial charge in [0.05, 0.1) is 4.92 Å². The molecule has 23 heavy (non-hydrogen) atoms. The van der Waals surface area contributed by atoms with Crippen molar-refractivity contribution in [2.45, 2.75) is 29.5 Å². The predicted molar refractivity (Wildman–Crippen MR) is 74.3 cm³/mol. The van der Waals surface area contributed by atoms with Crippen LogP contribution in [0.4, 0.5) is 18.9 Å². The Bertz CT molecular complexity index is 700. The molecule has 0 aliphatic carbocycles. The van der Waals surface area contributed by atoms with Gasteiger partial charge in [0.15, 0.2) is 4.90 Å². The van der Waals surface area contributed by atoms with E-state index in [4.69, 9.17) is 0 Å². The Kier molecular flexibility index (Phi) is 4.64. The highest BCUT2D eigenvalue weighted by atomic mass is 32.2. The number of para-hydroxylation sites is 1. The molecule has 1 aliphatic rings. The molecule has 0 radical (unpaired) electrons. The number of nitro benzene ring substituents is 1. The second kappa shape index (κ2) is 6.06. The Labute approximate surface area is 130 Å². The smallest absolute Gasteiger partial charge is 0.303 e. The summed E-state index contributed by atoms with van der Waals surface area (Å²) in [5, 5.41) is 13.2. The van der Waals surface area contributed by atoms with Crippen LogP contribution in [0.3, 0.4) is 0 Å². The Morgan fingerprint density at radius 1 is 1.35 bits per heavy atom. The van der Waals surface area contributed by atoms with E-state index in [0.717, 1.165) is 12.1 Å². The molecule has 1 unspecified atom stereocenters. The molecule has 0 amide bonds. The number of nitro groups is 1. The SMILES string of the molecule is O=[N+]([O-])c1ccccc1S(=O)(=O)NCC1(C(F)(F)F)CCCN1. The van der Waals surface area contributed by atoms with Gasteiger partial charge >= 0.3 is 6.18 Å². The van der Waals surface area contributed by atoms with Crippen LogP contribution in [0.1, 0.15) is 12.8 Å². The van der Waals surface area contributed by atoms with Crippen LogP contribution in [-0.2, 0) is 10.0 Å². The fourth-order valence-electron chi connectivity index (χ4n) is 2.43. The first-order valence-corrected chi connectivity index (χ1v) is 8.12. The van der Waals surface area contributed by atoms with Crippen molar-refractivity contribution in [3.63, 3.8) is 0 Å². The zero-order chi connectivity index (χ0) is 17.3. The van der Waals surface area contributed by atoms with E-state index in [2.05, 4.69) is 5.32 Å². The molecular weight excluding hydrogens is 339 g/mol. The van der Waals surface area contributed by atoms with E-state index >= 15 is 0 Å². The van der Waals surface area contributed by atoms with Gasteiger partial charge in [0.25, 0.3) is 5.69 Å². The number of halogens is 3. The van der Waals surface area contributed by atoms with Crippen LogP contribution in [0.15, 0.2) is 29.2 Å². The predicted octanol–water partition coefficient (Wildman–Crippen LogP) is 1.56. The fraction of sp³-hybridized carbons (Fsp3) is 0.500. The Morgan fingerprint density at radius 2 is 2.00 bits per heavy atom. The zero-order valence-electron chi connectivity index (χ0n) is 11.8. The van der Waals surface area contributed by atoms with E-state index in [1.54, 1.807) is 0 Å². The maximum Gasteiger partial charge on any atom is 0.407 e. The molecule has 0 saturated carbocycles. The largest absolute Gasteiger partial charge is 0.407 e. The molecular formula is C12H14F3N3O4S. The number of sulfonamides is 1. The number of nitrogens with zero attached hydrogens (tertiary/aromatic N) is 1. The molecule has 1 atom stereocenters. The molecule has 0 spiro atoms. The fourth-order valence-corrected chi connectivity index (χ4v) is 3.70. The molecule has 0 bridgehead atoms. The number of hydrogen-bond acceptors (Lipinski definition) is 5. The minimum atomic E-state index is -4.64.